The van der Waals surface area contributed by atoms with Gasteiger partial charge in [-0.2, -0.15) is 13.8 Å². The summed E-state index contributed by atoms with van der Waals surface area (Å²) in [6.07, 6.45) is -2.36. The van der Waals surface area contributed by atoms with E-state index in [1.54, 1.807) is 0 Å². The molecular weight excluding hydrogens is 413 g/mol. The van der Waals surface area contributed by atoms with Gasteiger partial charge in [-0.1, -0.05) is 0 Å². The van der Waals surface area contributed by atoms with E-state index >= 15 is 0 Å². The molecule has 1 saturated heterocycles. The molecule has 2 heterocycles. The Labute approximate surface area is 164 Å². The van der Waals surface area contributed by atoms with Crippen LogP contribution in [0.4, 0.5) is 22.0 Å². The Morgan fingerprint density at radius 2 is 2.11 bits per heavy atom. The molecule has 1 aromatic rings. The lowest BCUT2D eigenvalue weighted by Gasteiger charge is -2.19. The number of rotatable bonds is 8. The van der Waals surface area contributed by atoms with Gasteiger partial charge in [-0.15, -0.1) is 12.4 Å². The number of alkyl halides is 4. The first-order valence-corrected chi connectivity index (χ1v) is 8.16. The van der Waals surface area contributed by atoms with Crippen LogP contribution in [0.15, 0.2) is 6.07 Å². The minimum atomic E-state index is -4.44. The van der Waals surface area contributed by atoms with Crippen LogP contribution < -0.4 is 14.8 Å². The number of halogens is 6. The summed E-state index contributed by atoms with van der Waals surface area (Å²) in [6, 6.07) is 0.605. The van der Waals surface area contributed by atoms with Gasteiger partial charge in [0.1, 0.15) is 0 Å². The number of aromatic nitrogens is 1. The monoisotopic (exact) mass is 433 g/mol. The fraction of sp³-hybridized carbons (Fsp3) is 0.625. The maximum absolute atomic E-state index is 14.0. The van der Waals surface area contributed by atoms with Crippen molar-refractivity contribution in [2.24, 2.45) is 0 Å². The van der Waals surface area contributed by atoms with Crippen LogP contribution in [-0.2, 0) is 11.3 Å². The maximum atomic E-state index is 14.0. The van der Waals surface area contributed by atoms with Crippen molar-refractivity contribution in [2.75, 3.05) is 27.3 Å². The SMILES string of the molecule is COc1nc(OCC(F)(F)C(F)F)c(F)cc1CNC(=O)C1CCCN1C.Cl. The summed E-state index contributed by atoms with van der Waals surface area (Å²) in [7, 11) is 3.02. The van der Waals surface area contributed by atoms with Crippen molar-refractivity contribution < 1.29 is 36.2 Å². The topological polar surface area (TPSA) is 63.7 Å². The van der Waals surface area contributed by atoms with Crippen molar-refractivity contribution >= 4 is 18.3 Å². The first-order valence-electron chi connectivity index (χ1n) is 8.16. The third kappa shape index (κ3) is 5.81. The molecule has 6 nitrogen and oxygen atoms in total. The molecule has 160 valence electrons. The second-order valence-corrected chi connectivity index (χ2v) is 6.15. The average Bonchev–Trinajstić information content (AvgIpc) is 3.04. The first kappa shape index (κ1) is 24.2. The van der Waals surface area contributed by atoms with Crippen LogP contribution in [0, 0.1) is 5.82 Å². The fourth-order valence-corrected chi connectivity index (χ4v) is 2.67. The number of hydrogen-bond acceptors (Lipinski definition) is 5. The van der Waals surface area contributed by atoms with E-state index in [-0.39, 0.29) is 42.3 Å². The molecule has 0 aliphatic carbocycles. The third-order valence-electron chi connectivity index (χ3n) is 4.17. The smallest absolute Gasteiger partial charge is 0.340 e. The minimum Gasteiger partial charge on any atom is -0.481 e. The number of carbonyl (C=O) groups is 1. The molecular formula is C16H21ClF5N3O3. The lowest BCUT2D eigenvalue weighted by Crippen LogP contribution is -2.41. The summed E-state index contributed by atoms with van der Waals surface area (Å²) in [5, 5.41) is 2.64. The first-order chi connectivity index (χ1) is 12.7. The van der Waals surface area contributed by atoms with Gasteiger partial charge in [-0.05, 0) is 32.5 Å². The van der Waals surface area contributed by atoms with Crippen LogP contribution in [0.25, 0.3) is 0 Å². The molecule has 1 N–H and O–H groups in total. The highest BCUT2D eigenvalue weighted by Gasteiger charge is 2.42. The molecule has 1 unspecified atom stereocenters. The van der Waals surface area contributed by atoms with Crippen molar-refractivity contribution in [3.05, 3.63) is 17.4 Å². The van der Waals surface area contributed by atoms with Gasteiger partial charge in [-0.25, -0.2) is 13.2 Å². The number of carbonyl (C=O) groups excluding carboxylic acids is 1. The number of methoxy groups -OCH3 is 1. The molecule has 1 aliphatic rings. The molecule has 0 spiro atoms. The number of nitrogens with one attached hydrogen (secondary N) is 1. The van der Waals surface area contributed by atoms with Crippen LogP contribution in [0.3, 0.4) is 0 Å². The van der Waals surface area contributed by atoms with Crippen LogP contribution in [0.2, 0.25) is 0 Å². The molecule has 0 radical (unpaired) electrons. The van der Waals surface area contributed by atoms with Crippen LogP contribution >= 0.6 is 12.4 Å². The van der Waals surface area contributed by atoms with Gasteiger partial charge < -0.3 is 14.8 Å². The minimum absolute atomic E-state index is 0. The Kier molecular flexibility index (Phi) is 8.68. The Bertz CT molecular complexity index is 681. The molecule has 12 heteroatoms. The Morgan fingerprint density at radius 3 is 2.64 bits per heavy atom. The van der Waals surface area contributed by atoms with Gasteiger partial charge >= 0.3 is 12.3 Å². The largest absolute Gasteiger partial charge is 0.481 e. The summed E-state index contributed by atoms with van der Waals surface area (Å²) in [5.74, 6) is -6.89. The van der Waals surface area contributed by atoms with Crippen molar-refractivity contribution in [3.63, 3.8) is 0 Å². The Hall–Kier alpha value is -1.88. The quantitative estimate of drug-likeness (QED) is 0.639. The predicted molar refractivity (Wildman–Crippen MR) is 91.9 cm³/mol. The van der Waals surface area contributed by atoms with Crippen molar-refractivity contribution in [3.8, 4) is 11.8 Å². The molecule has 1 aromatic heterocycles. The molecule has 1 amide bonds. The van der Waals surface area contributed by atoms with Crippen LogP contribution in [0.5, 0.6) is 11.8 Å². The third-order valence-corrected chi connectivity index (χ3v) is 4.17. The highest BCUT2D eigenvalue weighted by molar-refractivity contribution is 5.85. The van der Waals surface area contributed by atoms with Gasteiger partial charge in [0.2, 0.25) is 11.8 Å². The Morgan fingerprint density at radius 1 is 1.43 bits per heavy atom. The van der Waals surface area contributed by atoms with Crippen molar-refractivity contribution in [1.82, 2.24) is 15.2 Å². The highest BCUT2D eigenvalue weighted by atomic mass is 35.5. The van der Waals surface area contributed by atoms with Gasteiger partial charge in [0.05, 0.1) is 13.2 Å². The molecule has 0 aromatic carbocycles. The van der Waals surface area contributed by atoms with Gasteiger partial charge in [0.25, 0.3) is 5.88 Å². The number of pyridine rings is 1. The average molecular weight is 434 g/mol. The van der Waals surface area contributed by atoms with Crippen LogP contribution in [-0.4, -0.2) is 61.5 Å². The number of ether oxygens (including phenoxy) is 2. The molecule has 0 saturated carbocycles. The Balaban J connectivity index is 0.00000392. The summed E-state index contributed by atoms with van der Waals surface area (Å²) in [4.78, 5) is 17.6. The summed E-state index contributed by atoms with van der Waals surface area (Å²) in [6.45, 7) is -1.04. The molecule has 2 rings (SSSR count). The number of hydrogen-bond donors (Lipinski definition) is 1. The zero-order valence-electron chi connectivity index (χ0n) is 15.2. The van der Waals surface area contributed by atoms with E-state index in [0.29, 0.717) is 6.42 Å². The summed E-state index contributed by atoms with van der Waals surface area (Å²) in [5.41, 5.74) is 0.150. The number of likely N-dealkylation sites (N-methyl/N-ethyl adjacent to an activating group) is 1. The zero-order chi connectivity index (χ0) is 20.2. The molecule has 1 atom stereocenters. The second kappa shape index (κ2) is 10.1. The van der Waals surface area contributed by atoms with E-state index in [1.807, 2.05) is 11.9 Å². The lowest BCUT2D eigenvalue weighted by molar-refractivity contribution is -0.149. The van der Waals surface area contributed by atoms with E-state index in [0.717, 1.165) is 19.0 Å². The normalized spacial score (nSPS) is 17.4. The van der Waals surface area contributed by atoms with E-state index in [4.69, 9.17) is 4.74 Å². The van der Waals surface area contributed by atoms with E-state index in [2.05, 4.69) is 15.0 Å². The number of nitrogens with zero attached hydrogens (tertiary/aromatic N) is 2. The standard InChI is InChI=1S/C16H20F5N3O3.ClH/c1-24-5-3-4-11(24)12(25)22-7-9-6-10(17)14(23-13(9)26-2)27-8-16(20,21)15(18)19;/h6,11,15H,3-5,7-8H2,1-2H3,(H,22,25);1H. The van der Waals surface area contributed by atoms with Crippen molar-refractivity contribution in [1.29, 1.82) is 0 Å². The second-order valence-electron chi connectivity index (χ2n) is 6.15. The lowest BCUT2D eigenvalue weighted by atomic mass is 10.2. The van der Waals surface area contributed by atoms with Gasteiger partial charge in [-0.3, -0.25) is 9.69 Å². The van der Waals surface area contributed by atoms with E-state index in [1.165, 1.54) is 7.11 Å². The fourth-order valence-electron chi connectivity index (χ4n) is 2.67. The highest BCUT2D eigenvalue weighted by Crippen LogP contribution is 2.27. The summed E-state index contributed by atoms with van der Waals surface area (Å²) < 4.78 is 73.5. The van der Waals surface area contributed by atoms with Gasteiger partial charge in [0, 0.05) is 12.1 Å². The predicted octanol–water partition coefficient (Wildman–Crippen LogP) is 2.64. The van der Waals surface area contributed by atoms with E-state index < -0.39 is 30.7 Å². The van der Waals surface area contributed by atoms with Gasteiger partial charge in [0.15, 0.2) is 12.4 Å². The summed E-state index contributed by atoms with van der Waals surface area (Å²) >= 11 is 0. The maximum Gasteiger partial charge on any atom is 0.340 e. The number of likely N-dealkylation sites (tertiary alicyclic amines) is 1. The van der Waals surface area contributed by atoms with Crippen molar-refractivity contribution in [2.45, 2.75) is 37.8 Å². The number of amides is 1. The molecule has 1 fully saturated rings. The molecule has 0 bridgehead atoms. The van der Waals surface area contributed by atoms with Crippen LogP contribution in [0.1, 0.15) is 18.4 Å². The molecule has 1 aliphatic heterocycles. The van der Waals surface area contributed by atoms with E-state index in [9.17, 15) is 26.7 Å². The zero-order valence-corrected chi connectivity index (χ0v) is 16.0. The molecule has 28 heavy (non-hydrogen) atoms.